The zero-order valence-electron chi connectivity index (χ0n) is 14.9. The van der Waals surface area contributed by atoms with Crippen LogP contribution in [-0.4, -0.2) is 4.98 Å². The standard InChI is InChI=1S/C22H28FN/c1-4-5-15(2)16(3)17-6-8-18(9-7-17)20-12-13-24-22-11-10-19(23)14-21(20)22/h10-14,16-18H,2,4-9H2,1,3H3. The average molecular weight is 325 g/mol. The van der Waals surface area contributed by atoms with Crippen molar-refractivity contribution in [3.8, 4) is 0 Å². The van der Waals surface area contributed by atoms with E-state index in [9.17, 15) is 4.39 Å². The Hall–Kier alpha value is -1.70. The number of aromatic nitrogens is 1. The summed E-state index contributed by atoms with van der Waals surface area (Å²) in [7, 11) is 0. The second-order valence-corrected chi connectivity index (χ2v) is 7.37. The lowest BCUT2D eigenvalue weighted by Crippen LogP contribution is -2.20. The quantitative estimate of drug-likeness (QED) is 0.561. The van der Waals surface area contributed by atoms with Gasteiger partial charge in [-0.05, 0) is 79.7 Å². The van der Waals surface area contributed by atoms with Crippen molar-refractivity contribution < 1.29 is 4.39 Å². The number of fused-ring (bicyclic) bond motifs is 1. The predicted octanol–water partition coefficient (Wildman–Crippen LogP) is 6.64. The lowest BCUT2D eigenvalue weighted by Gasteiger charge is -2.33. The van der Waals surface area contributed by atoms with E-state index in [1.54, 1.807) is 12.1 Å². The molecule has 1 aliphatic rings. The molecule has 0 aliphatic heterocycles. The molecule has 2 heteroatoms. The third kappa shape index (κ3) is 3.53. The molecule has 1 aromatic heterocycles. The summed E-state index contributed by atoms with van der Waals surface area (Å²) in [5.41, 5.74) is 3.59. The van der Waals surface area contributed by atoms with E-state index in [0.717, 1.165) is 23.2 Å². The van der Waals surface area contributed by atoms with Crippen LogP contribution in [-0.2, 0) is 0 Å². The molecule has 0 bridgehead atoms. The third-order valence-electron chi connectivity index (χ3n) is 5.87. The van der Waals surface area contributed by atoms with E-state index in [1.165, 1.54) is 49.3 Å². The van der Waals surface area contributed by atoms with Crippen LogP contribution in [0.1, 0.15) is 63.9 Å². The minimum Gasteiger partial charge on any atom is -0.256 e. The van der Waals surface area contributed by atoms with E-state index in [2.05, 4.69) is 31.5 Å². The number of hydrogen-bond donors (Lipinski definition) is 0. The molecule has 0 spiro atoms. The monoisotopic (exact) mass is 325 g/mol. The first kappa shape index (κ1) is 17.1. The molecule has 1 fully saturated rings. The molecule has 0 N–H and O–H groups in total. The van der Waals surface area contributed by atoms with E-state index in [-0.39, 0.29) is 5.82 Å². The van der Waals surface area contributed by atoms with Crippen LogP contribution in [0.4, 0.5) is 4.39 Å². The third-order valence-corrected chi connectivity index (χ3v) is 5.87. The summed E-state index contributed by atoms with van der Waals surface area (Å²) in [5, 5.41) is 0.990. The van der Waals surface area contributed by atoms with E-state index >= 15 is 0 Å². The van der Waals surface area contributed by atoms with E-state index in [4.69, 9.17) is 0 Å². The van der Waals surface area contributed by atoms with Crippen molar-refractivity contribution in [2.45, 2.75) is 58.3 Å². The number of nitrogens with zero attached hydrogens (tertiary/aromatic N) is 1. The summed E-state index contributed by atoms with van der Waals surface area (Å²) < 4.78 is 13.7. The fraction of sp³-hybridized carbons (Fsp3) is 0.500. The highest BCUT2D eigenvalue weighted by molar-refractivity contribution is 5.82. The maximum atomic E-state index is 13.7. The Kier molecular flexibility index (Phi) is 5.33. The van der Waals surface area contributed by atoms with Crippen LogP contribution in [0.2, 0.25) is 0 Å². The second kappa shape index (κ2) is 7.46. The summed E-state index contributed by atoms with van der Waals surface area (Å²) in [6.07, 6.45) is 9.06. The molecule has 0 amide bonds. The Morgan fingerprint density at radius 2 is 2.00 bits per heavy atom. The van der Waals surface area contributed by atoms with Crippen molar-refractivity contribution in [2.24, 2.45) is 11.8 Å². The molecule has 1 atom stereocenters. The summed E-state index contributed by atoms with van der Waals surface area (Å²) >= 11 is 0. The van der Waals surface area contributed by atoms with E-state index in [1.807, 2.05) is 6.20 Å². The van der Waals surface area contributed by atoms with Crippen LogP contribution < -0.4 is 0 Å². The van der Waals surface area contributed by atoms with Gasteiger partial charge in [0.1, 0.15) is 5.82 Å². The van der Waals surface area contributed by atoms with Gasteiger partial charge < -0.3 is 0 Å². The molecule has 1 aliphatic carbocycles. The van der Waals surface area contributed by atoms with Crippen molar-refractivity contribution in [2.75, 3.05) is 0 Å². The van der Waals surface area contributed by atoms with Crippen molar-refractivity contribution in [3.05, 3.63) is 54.0 Å². The fourth-order valence-electron chi connectivity index (χ4n) is 4.31. The van der Waals surface area contributed by atoms with Gasteiger partial charge in [0.2, 0.25) is 0 Å². The van der Waals surface area contributed by atoms with E-state index < -0.39 is 0 Å². The zero-order valence-corrected chi connectivity index (χ0v) is 14.9. The molecule has 1 aromatic carbocycles. The maximum absolute atomic E-state index is 13.7. The molecule has 0 radical (unpaired) electrons. The van der Waals surface area contributed by atoms with Crippen molar-refractivity contribution in [1.82, 2.24) is 4.98 Å². The SMILES string of the molecule is C=C(CCC)C(C)C1CCC(c2ccnc3ccc(F)cc23)CC1. The number of pyridine rings is 1. The van der Waals surface area contributed by atoms with Gasteiger partial charge in [-0.1, -0.05) is 32.4 Å². The first-order valence-electron chi connectivity index (χ1n) is 9.32. The minimum atomic E-state index is -0.171. The van der Waals surface area contributed by atoms with Gasteiger partial charge in [-0.15, -0.1) is 0 Å². The first-order chi connectivity index (χ1) is 11.6. The van der Waals surface area contributed by atoms with Gasteiger partial charge in [0.15, 0.2) is 0 Å². The Balaban J connectivity index is 1.73. The molecule has 1 heterocycles. The smallest absolute Gasteiger partial charge is 0.123 e. The van der Waals surface area contributed by atoms with Crippen LogP contribution >= 0.6 is 0 Å². The van der Waals surface area contributed by atoms with Gasteiger partial charge in [-0.25, -0.2) is 4.39 Å². The van der Waals surface area contributed by atoms with Gasteiger partial charge in [0, 0.05) is 11.6 Å². The molecule has 1 unspecified atom stereocenters. The molecule has 1 saturated carbocycles. The van der Waals surface area contributed by atoms with Crippen LogP contribution in [0.15, 0.2) is 42.6 Å². The second-order valence-electron chi connectivity index (χ2n) is 7.37. The molecule has 0 saturated heterocycles. The first-order valence-corrected chi connectivity index (χ1v) is 9.32. The number of rotatable bonds is 5. The van der Waals surface area contributed by atoms with Gasteiger partial charge >= 0.3 is 0 Å². The van der Waals surface area contributed by atoms with Crippen LogP contribution in [0.25, 0.3) is 10.9 Å². The summed E-state index contributed by atoms with van der Waals surface area (Å²) in [5.74, 6) is 1.73. The molecule has 128 valence electrons. The van der Waals surface area contributed by atoms with Crippen LogP contribution in [0.5, 0.6) is 0 Å². The number of benzene rings is 1. The summed E-state index contributed by atoms with van der Waals surface area (Å²) in [6, 6.07) is 7.02. The topological polar surface area (TPSA) is 12.9 Å². The van der Waals surface area contributed by atoms with Crippen LogP contribution in [0.3, 0.4) is 0 Å². The molecular formula is C22H28FN. The van der Waals surface area contributed by atoms with Crippen LogP contribution in [0, 0.1) is 17.7 Å². The minimum absolute atomic E-state index is 0.171. The highest BCUT2D eigenvalue weighted by atomic mass is 19.1. The zero-order chi connectivity index (χ0) is 17.1. The Bertz CT molecular complexity index is 713. The Morgan fingerprint density at radius 1 is 1.25 bits per heavy atom. The molecule has 3 rings (SSSR count). The van der Waals surface area contributed by atoms with Gasteiger partial charge in [0.25, 0.3) is 0 Å². The summed E-state index contributed by atoms with van der Waals surface area (Å²) in [6.45, 7) is 8.87. The fourth-order valence-corrected chi connectivity index (χ4v) is 4.31. The lowest BCUT2D eigenvalue weighted by atomic mass is 9.72. The lowest BCUT2D eigenvalue weighted by molar-refractivity contribution is 0.266. The van der Waals surface area contributed by atoms with Crippen molar-refractivity contribution >= 4 is 10.9 Å². The largest absolute Gasteiger partial charge is 0.256 e. The van der Waals surface area contributed by atoms with Crippen molar-refractivity contribution in [3.63, 3.8) is 0 Å². The maximum Gasteiger partial charge on any atom is 0.123 e. The number of halogens is 1. The van der Waals surface area contributed by atoms with Crippen molar-refractivity contribution in [1.29, 1.82) is 0 Å². The Labute approximate surface area is 145 Å². The molecule has 2 aromatic rings. The predicted molar refractivity (Wildman–Crippen MR) is 99.6 cm³/mol. The molecular weight excluding hydrogens is 297 g/mol. The van der Waals surface area contributed by atoms with Gasteiger partial charge in [-0.3, -0.25) is 4.98 Å². The highest BCUT2D eigenvalue weighted by Gasteiger charge is 2.27. The highest BCUT2D eigenvalue weighted by Crippen LogP contribution is 2.42. The van der Waals surface area contributed by atoms with Gasteiger partial charge in [0.05, 0.1) is 5.52 Å². The van der Waals surface area contributed by atoms with E-state index in [0.29, 0.717) is 11.8 Å². The average Bonchev–Trinajstić information content (AvgIpc) is 2.61. The van der Waals surface area contributed by atoms with Gasteiger partial charge in [-0.2, -0.15) is 0 Å². The molecule has 24 heavy (non-hydrogen) atoms. The summed E-state index contributed by atoms with van der Waals surface area (Å²) in [4.78, 5) is 4.39. The number of allylic oxidation sites excluding steroid dienone is 1. The number of hydrogen-bond acceptors (Lipinski definition) is 1. The normalized spacial score (nSPS) is 22.5. The Morgan fingerprint density at radius 3 is 2.71 bits per heavy atom. The molecule has 1 nitrogen and oxygen atoms in total.